The molecule has 0 amide bonds. The van der Waals surface area contributed by atoms with Crippen LogP contribution in [0.25, 0.3) is 0 Å². The van der Waals surface area contributed by atoms with Crippen molar-refractivity contribution >= 4 is 5.97 Å². The van der Waals surface area contributed by atoms with E-state index >= 15 is 0 Å². The lowest BCUT2D eigenvalue weighted by Crippen LogP contribution is -2.48. The molecule has 5 rings (SSSR count). The Morgan fingerprint density at radius 2 is 1.87 bits per heavy atom. The number of quaternary nitrogens is 1. The quantitative estimate of drug-likeness (QED) is 0.416. The summed E-state index contributed by atoms with van der Waals surface area (Å²) >= 11 is 0. The first-order chi connectivity index (χ1) is 14.9. The first-order valence-corrected chi connectivity index (χ1v) is 9.92. The Morgan fingerprint density at radius 3 is 2.58 bits per heavy atom. The second-order valence-electron chi connectivity index (χ2n) is 7.90. The molecule has 0 bridgehead atoms. The number of carbonyl (C=O) groups excluding carboxylic acids is 1. The Hall–Kier alpha value is -3.17. The van der Waals surface area contributed by atoms with Gasteiger partial charge in [-0.3, -0.25) is 0 Å². The second kappa shape index (κ2) is 6.93. The molecule has 0 aromatic heterocycles. The summed E-state index contributed by atoms with van der Waals surface area (Å²) < 4.78 is 32.8. The van der Waals surface area contributed by atoms with E-state index in [4.69, 9.17) is 28.4 Å². The van der Waals surface area contributed by atoms with E-state index in [1.54, 1.807) is 19.2 Å². The van der Waals surface area contributed by atoms with E-state index in [-0.39, 0.29) is 12.4 Å². The molecule has 9 nitrogen and oxygen atoms in total. The van der Waals surface area contributed by atoms with Crippen LogP contribution in [0.15, 0.2) is 18.2 Å². The minimum atomic E-state index is -0.821. The Balaban J connectivity index is 1.72. The van der Waals surface area contributed by atoms with Crippen LogP contribution < -0.4 is 23.7 Å². The van der Waals surface area contributed by atoms with Gasteiger partial charge in [0.1, 0.15) is 5.56 Å². The van der Waals surface area contributed by atoms with E-state index in [1.807, 2.05) is 6.07 Å². The molecule has 164 valence electrons. The number of esters is 1. The predicted octanol–water partition coefficient (Wildman–Crippen LogP) is 2.89. The van der Waals surface area contributed by atoms with Gasteiger partial charge in [-0.25, -0.2) is 4.79 Å². The van der Waals surface area contributed by atoms with Gasteiger partial charge in [-0.15, -0.1) is 0 Å². The van der Waals surface area contributed by atoms with Crippen molar-refractivity contribution in [3.63, 3.8) is 0 Å². The van der Waals surface area contributed by atoms with E-state index in [1.165, 1.54) is 21.3 Å². The molecule has 31 heavy (non-hydrogen) atoms. The SMILES string of the molecule is COc1ccc2c(c1OC)C(=O)O[C@@H]2[C@H]1c2c(cc3c(c2OC)OCO3)CC[N@+]1(C)[O-]. The normalized spacial score (nSPS) is 25.5. The molecule has 0 fully saturated rings. The van der Waals surface area contributed by atoms with E-state index in [0.29, 0.717) is 52.8 Å². The summed E-state index contributed by atoms with van der Waals surface area (Å²) in [6.45, 7) is 0.401. The van der Waals surface area contributed by atoms with Crippen LogP contribution in [0.2, 0.25) is 0 Å². The lowest BCUT2D eigenvalue weighted by Gasteiger charge is -2.50. The van der Waals surface area contributed by atoms with Crippen LogP contribution in [-0.2, 0) is 11.2 Å². The van der Waals surface area contributed by atoms with Gasteiger partial charge in [0.15, 0.2) is 35.1 Å². The van der Waals surface area contributed by atoms with Crippen molar-refractivity contribution < 1.29 is 37.9 Å². The fourth-order valence-electron chi connectivity index (χ4n) is 4.87. The van der Waals surface area contributed by atoms with Gasteiger partial charge in [0.2, 0.25) is 12.5 Å². The summed E-state index contributed by atoms with van der Waals surface area (Å²) in [7, 11) is 6.08. The predicted molar refractivity (Wildman–Crippen MR) is 108 cm³/mol. The first kappa shape index (κ1) is 19.8. The molecule has 0 spiro atoms. The average Bonchev–Trinajstić information content (AvgIpc) is 3.35. The third-order valence-corrected chi connectivity index (χ3v) is 6.27. The zero-order valence-electron chi connectivity index (χ0n) is 17.7. The second-order valence-corrected chi connectivity index (χ2v) is 7.90. The molecule has 3 aliphatic rings. The van der Waals surface area contributed by atoms with Crippen LogP contribution in [0.1, 0.15) is 39.2 Å². The molecule has 2 aromatic carbocycles. The molecular weight excluding hydrogens is 406 g/mol. The van der Waals surface area contributed by atoms with Crippen LogP contribution in [0.3, 0.4) is 0 Å². The molecule has 0 saturated heterocycles. The van der Waals surface area contributed by atoms with Gasteiger partial charge in [0.25, 0.3) is 0 Å². The van der Waals surface area contributed by atoms with Crippen molar-refractivity contribution in [2.75, 3.05) is 41.7 Å². The largest absolute Gasteiger partial charge is 0.632 e. The number of ether oxygens (including phenoxy) is 6. The number of fused-ring (bicyclic) bond motifs is 3. The molecule has 2 aromatic rings. The molecule has 0 N–H and O–H groups in total. The Bertz CT molecular complexity index is 1080. The van der Waals surface area contributed by atoms with Crippen LogP contribution in [0.4, 0.5) is 0 Å². The fourth-order valence-corrected chi connectivity index (χ4v) is 4.87. The highest BCUT2D eigenvalue weighted by Crippen LogP contribution is 2.56. The maximum Gasteiger partial charge on any atom is 0.343 e. The first-order valence-electron chi connectivity index (χ1n) is 9.92. The fraction of sp³-hybridized carbons (Fsp3) is 0.409. The number of carbonyl (C=O) groups is 1. The summed E-state index contributed by atoms with van der Waals surface area (Å²) in [5.41, 5.74) is 2.46. The summed E-state index contributed by atoms with van der Waals surface area (Å²) in [6, 6.07) is 4.59. The molecular formula is C22H23NO8. The zero-order valence-corrected chi connectivity index (χ0v) is 17.7. The molecule has 3 aliphatic heterocycles. The van der Waals surface area contributed by atoms with Crippen molar-refractivity contribution in [2.45, 2.75) is 18.6 Å². The van der Waals surface area contributed by atoms with Gasteiger partial charge in [0.05, 0.1) is 40.5 Å². The smallest absolute Gasteiger partial charge is 0.343 e. The van der Waals surface area contributed by atoms with Crippen molar-refractivity contribution in [1.29, 1.82) is 0 Å². The molecule has 3 heterocycles. The maximum atomic E-state index is 13.7. The Labute approximate surface area is 179 Å². The van der Waals surface area contributed by atoms with Gasteiger partial charge in [-0.2, -0.15) is 0 Å². The minimum Gasteiger partial charge on any atom is -0.632 e. The van der Waals surface area contributed by atoms with Crippen molar-refractivity contribution in [1.82, 2.24) is 0 Å². The number of hydrogen-bond acceptors (Lipinski definition) is 8. The van der Waals surface area contributed by atoms with Crippen LogP contribution in [0.5, 0.6) is 28.7 Å². The number of cyclic esters (lactones) is 1. The highest BCUT2D eigenvalue weighted by Gasteiger charge is 2.50. The minimum absolute atomic E-state index is 0.0843. The standard InChI is InChI=1S/C22H23NO8/c1-23(25)8-7-11-9-14-20(30-10-29-14)21(28-4)15(11)17(23)18-12-5-6-13(26-2)19(27-3)16(12)22(24)31-18/h5-6,9,17-18H,7-8,10H2,1-4H3/t17-,18+,23+/m1/s1. The zero-order chi connectivity index (χ0) is 21.9. The summed E-state index contributed by atoms with van der Waals surface area (Å²) in [4.78, 5) is 12.9. The van der Waals surface area contributed by atoms with E-state index in [9.17, 15) is 10.0 Å². The lowest BCUT2D eigenvalue weighted by atomic mass is 9.85. The van der Waals surface area contributed by atoms with Crippen molar-refractivity contribution in [2.24, 2.45) is 0 Å². The molecule has 0 unspecified atom stereocenters. The summed E-state index contributed by atoms with van der Waals surface area (Å²) in [6.07, 6.45) is -0.281. The molecule has 0 aliphatic carbocycles. The summed E-state index contributed by atoms with van der Waals surface area (Å²) in [5, 5.41) is 13.7. The monoisotopic (exact) mass is 429 g/mol. The van der Waals surface area contributed by atoms with Crippen molar-refractivity contribution in [3.05, 3.63) is 45.7 Å². The third-order valence-electron chi connectivity index (χ3n) is 6.27. The van der Waals surface area contributed by atoms with Gasteiger partial charge < -0.3 is 38.3 Å². The van der Waals surface area contributed by atoms with E-state index in [2.05, 4.69) is 0 Å². The number of hydroxylamine groups is 3. The molecule has 3 atom stereocenters. The average molecular weight is 429 g/mol. The lowest BCUT2D eigenvalue weighted by molar-refractivity contribution is -0.899. The molecule has 9 heteroatoms. The van der Waals surface area contributed by atoms with Gasteiger partial charge in [-0.1, -0.05) is 6.07 Å². The number of nitrogens with zero attached hydrogens (tertiary/aromatic N) is 1. The van der Waals surface area contributed by atoms with Gasteiger partial charge >= 0.3 is 5.97 Å². The summed E-state index contributed by atoms with van der Waals surface area (Å²) in [5.74, 6) is 1.66. The number of rotatable bonds is 4. The Morgan fingerprint density at radius 1 is 1.10 bits per heavy atom. The van der Waals surface area contributed by atoms with Crippen LogP contribution in [-0.4, -0.2) is 52.3 Å². The number of methoxy groups -OCH3 is 3. The third kappa shape index (κ3) is 2.73. The number of likely N-dealkylation sites (N-methyl/N-ethyl adjacent to an activating group) is 1. The Kier molecular flexibility index (Phi) is 4.42. The van der Waals surface area contributed by atoms with Crippen molar-refractivity contribution in [3.8, 4) is 28.7 Å². The maximum absolute atomic E-state index is 13.7. The highest BCUT2D eigenvalue weighted by molar-refractivity contribution is 5.98. The topological polar surface area (TPSA) is 95.5 Å². The van der Waals surface area contributed by atoms with Gasteiger partial charge in [-0.05, 0) is 17.7 Å². The molecule has 0 radical (unpaired) electrons. The van der Waals surface area contributed by atoms with Crippen LogP contribution >= 0.6 is 0 Å². The number of hydrogen-bond donors (Lipinski definition) is 0. The number of benzene rings is 2. The van der Waals surface area contributed by atoms with E-state index < -0.39 is 22.8 Å². The highest BCUT2D eigenvalue weighted by atomic mass is 16.7. The molecule has 0 saturated carbocycles. The van der Waals surface area contributed by atoms with Gasteiger partial charge in [0, 0.05) is 12.0 Å². The van der Waals surface area contributed by atoms with E-state index in [0.717, 1.165) is 5.56 Å². The van der Waals surface area contributed by atoms with Crippen LogP contribution in [0, 0.1) is 5.21 Å².